The van der Waals surface area contributed by atoms with E-state index >= 15 is 0 Å². The number of benzene rings is 2. The van der Waals surface area contributed by atoms with Crippen LogP contribution in [0.5, 0.6) is 11.5 Å². The first-order valence-corrected chi connectivity index (χ1v) is 20.0. The second-order valence-corrected chi connectivity index (χ2v) is 16.1. The van der Waals surface area contributed by atoms with Crippen molar-refractivity contribution in [3.63, 3.8) is 0 Å². The molecule has 0 radical (unpaired) electrons. The van der Waals surface area contributed by atoms with Gasteiger partial charge in [0.1, 0.15) is 23.7 Å². The van der Waals surface area contributed by atoms with Crippen molar-refractivity contribution < 1.29 is 28.7 Å². The van der Waals surface area contributed by atoms with Crippen LogP contribution in [0.25, 0.3) is 39.1 Å². The highest BCUT2D eigenvalue weighted by atomic mass is 16.5. The summed E-state index contributed by atoms with van der Waals surface area (Å²) in [6, 6.07) is 10.7. The van der Waals surface area contributed by atoms with Crippen LogP contribution in [0.4, 0.5) is 4.79 Å². The topological polar surface area (TPSA) is 180 Å². The number of carbonyl (C=O) groups excluding carboxylic acids is 4. The molecule has 0 unspecified atom stereocenters. The summed E-state index contributed by atoms with van der Waals surface area (Å²) in [5, 5.41) is 6.68. The Bertz CT molecular complexity index is 2420. The Kier molecular flexibility index (Phi) is 8.56. The zero-order valence-electron chi connectivity index (χ0n) is 31.9. The Labute approximate surface area is 328 Å². The van der Waals surface area contributed by atoms with Crippen molar-refractivity contribution >= 4 is 34.7 Å². The third-order valence-electron chi connectivity index (χ3n) is 12.3. The van der Waals surface area contributed by atoms with Gasteiger partial charge in [-0.3, -0.25) is 14.4 Å². The van der Waals surface area contributed by atoms with Gasteiger partial charge in [-0.2, -0.15) is 0 Å². The first kappa shape index (κ1) is 35.3. The fourth-order valence-electron chi connectivity index (χ4n) is 9.14. The van der Waals surface area contributed by atoms with Gasteiger partial charge in [-0.25, -0.2) is 14.8 Å². The first-order chi connectivity index (χ1) is 27.7. The number of nitrogens with one attached hydrogen (secondary N) is 4. The van der Waals surface area contributed by atoms with Gasteiger partial charge in [0, 0.05) is 42.7 Å². The van der Waals surface area contributed by atoms with Gasteiger partial charge in [-0.15, -0.1) is 0 Å². The fraction of sp³-hybridized carbons (Fsp3) is 0.429. The molecule has 5 aromatic rings. The molecule has 2 aliphatic carbocycles. The molecule has 2 saturated heterocycles. The number of likely N-dealkylation sites (tertiary alicyclic amines) is 2. The minimum atomic E-state index is -0.594. The summed E-state index contributed by atoms with van der Waals surface area (Å²) in [5.74, 6) is 2.95. The number of H-pyrrole nitrogens is 2. The molecule has 6 heterocycles. The third-order valence-corrected chi connectivity index (χ3v) is 12.3. The van der Waals surface area contributed by atoms with Crippen LogP contribution in [-0.4, -0.2) is 90.4 Å². The molecular weight excluding hydrogens is 727 g/mol. The molecular formula is C42H45N9O6. The van der Waals surface area contributed by atoms with Crippen LogP contribution in [0, 0.1) is 11.8 Å². The number of imidazole rings is 2. The molecule has 3 aliphatic heterocycles. The number of methoxy groups -OCH3 is 1. The minimum absolute atomic E-state index is 0.0216. The number of carbonyl (C=O) groups is 4. The molecule has 0 spiro atoms. The summed E-state index contributed by atoms with van der Waals surface area (Å²) in [6.07, 6.45) is 12.1. The number of aromatic nitrogens is 5. The van der Waals surface area contributed by atoms with Crippen molar-refractivity contribution in [2.24, 2.45) is 11.8 Å². The normalized spacial score (nSPS) is 20.9. The number of alkyl carbamates (subject to hydrolysis) is 1. The van der Waals surface area contributed by atoms with Gasteiger partial charge in [-0.05, 0) is 93.5 Å². The van der Waals surface area contributed by atoms with E-state index in [1.807, 2.05) is 46.3 Å². The smallest absolute Gasteiger partial charge is 0.407 e. The van der Waals surface area contributed by atoms with Gasteiger partial charge >= 0.3 is 6.09 Å². The molecule has 5 aliphatic rings. The molecule has 57 heavy (non-hydrogen) atoms. The van der Waals surface area contributed by atoms with E-state index in [-0.39, 0.29) is 41.6 Å². The number of amides is 4. The Balaban J connectivity index is 0.879. The number of hydrogen-bond acceptors (Lipinski definition) is 8. The van der Waals surface area contributed by atoms with Crippen LogP contribution in [0.2, 0.25) is 0 Å². The monoisotopic (exact) mass is 771 g/mol. The van der Waals surface area contributed by atoms with E-state index in [0.29, 0.717) is 24.7 Å². The predicted molar refractivity (Wildman–Crippen MR) is 208 cm³/mol. The maximum atomic E-state index is 13.7. The van der Waals surface area contributed by atoms with Crippen molar-refractivity contribution in [2.45, 2.75) is 82.5 Å². The Hall–Kier alpha value is -6.12. The summed E-state index contributed by atoms with van der Waals surface area (Å²) >= 11 is 0. The average Bonchev–Trinajstić information content (AvgIpc) is 3.80. The number of hydrogen-bond donors (Lipinski definition) is 4. The molecule has 0 bridgehead atoms. The summed E-state index contributed by atoms with van der Waals surface area (Å²) in [5.41, 5.74) is 5.41. The summed E-state index contributed by atoms with van der Waals surface area (Å²) in [7, 11) is 1.31. The number of nitrogens with zero attached hydrogens (tertiary/aromatic N) is 5. The second-order valence-electron chi connectivity index (χ2n) is 16.1. The van der Waals surface area contributed by atoms with Gasteiger partial charge in [0.05, 0.1) is 54.2 Å². The van der Waals surface area contributed by atoms with Crippen LogP contribution in [-0.2, 0) is 19.1 Å². The molecule has 2 aromatic carbocycles. The van der Waals surface area contributed by atoms with E-state index < -0.39 is 18.2 Å². The lowest BCUT2D eigenvalue weighted by Crippen LogP contribution is -2.49. The summed E-state index contributed by atoms with van der Waals surface area (Å²) < 4.78 is 13.5. The lowest BCUT2D eigenvalue weighted by Gasteiger charge is -2.28. The van der Waals surface area contributed by atoms with Crippen molar-refractivity contribution in [3.05, 3.63) is 66.6 Å². The van der Waals surface area contributed by atoms with Crippen molar-refractivity contribution in [1.82, 2.24) is 44.9 Å². The first-order valence-electron chi connectivity index (χ1n) is 20.0. The maximum Gasteiger partial charge on any atom is 0.407 e. The Morgan fingerprint density at radius 3 is 2.05 bits per heavy atom. The number of aromatic amines is 2. The van der Waals surface area contributed by atoms with Crippen molar-refractivity contribution in [2.75, 3.05) is 20.2 Å². The lowest BCUT2D eigenvalue weighted by molar-refractivity contribution is -0.137. The lowest BCUT2D eigenvalue weighted by atomic mass is 10.1. The Morgan fingerprint density at radius 2 is 1.42 bits per heavy atom. The van der Waals surface area contributed by atoms with E-state index in [4.69, 9.17) is 19.4 Å². The van der Waals surface area contributed by atoms with Crippen molar-refractivity contribution in [3.8, 4) is 39.7 Å². The highest BCUT2D eigenvalue weighted by Crippen LogP contribution is 2.46. The van der Waals surface area contributed by atoms with Crippen LogP contribution in [0.3, 0.4) is 0 Å². The largest absolute Gasteiger partial charge is 0.453 e. The molecule has 4 fully saturated rings. The maximum absolute atomic E-state index is 13.7. The quantitative estimate of drug-likeness (QED) is 0.133. The zero-order valence-corrected chi connectivity index (χ0v) is 31.9. The van der Waals surface area contributed by atoms with Gasteiger partial charge in [0.25, 0.3) is 0 Å². The van der Waals surface area contributed by atoms with E-state index in [9.17, 15) is 19.2 Å². The molecule has 15 heteroatoms. The molecule has 2 saturated carbocycles. The van der Waals surface area contributed by atoms with E-state index in [2.05, 4.69) is 37.4 Å². The predicted octanol–water partition coefficient (Wildman–Crippen LogP) is 5.89. The van der Waals surface area contributed by atoms with Gasteiger partial charge in [-0.1, -0.05) is 6.07 Å². The molecule has 4 N–H and O–H groups in total. The molecule has 4 atom stereocenters. The third kappa shape index (κ3) is 6.29. The molecule has 10 rings (SSSR count). The van der Waals surface area contributed by atoms with E-state index in [1.54, 1.807) is 6.20 Å². The molecule has 294 valence electrons. The van der Waals surface area contributed by atoms with E-state index in [0.717, 1.165) is 102 Å². The highest BCUT2D eigenvalue weighted by Gasteiger charge is 2.44. The second kappa shape index (κ2) is 13.8. The van der Waals surface area contributed by atoms with Gasteiger partial charge in [0.2, 0.25) is 17.7 Å². The number of ether oxygens (including phenoxy) is 2. The van der Waals surface area contributed by atoms with Gasteiger partial charge in [0.15, 0.2) is 11.5 Å². The average molecular weight is 772 g/mol. The zero-order chi connectivity index (χ0) is 38.9. The standard InChI is InChI=1S/C42H45N9O6/c1-22(52)45-35(23-7-8-23)40(53)50-16-4-6-32(50)39-44-21-29(47-39)26-12-14-33-37-27(26)15-18-49(37)30-13-11-25(19-34(30)57-33)28-20-43-38(46-28)31-5-3-17-51(31)41(54)36(24-9-10-24)48-42(55)56-2/h11-15,18-21,23-24,31-32,35-36H,3-10,16-17H2,1-2H3,(H,43,46)(H,44,47)(H,45,52)(H,48,55)/t31-,32-,35-,36-/m0/s1. The Morgan fingerprint density at radius 1 is 0.789 bits per heavy atom. The van der Waals surface area contributed by atoms with Crippen LogP contribution < -0.4 is 15.4 Å². The summed E-state index contributed by atoms with van der Waals surface area (Å²) in [6.45, 7) is 2.71. The molecule has 4 amide bonds. The van der Waals surface area contributed by atoms with Crippen LogP contribution in [0.1, 0.15) is 82.0 Å². The van der Waals surface area contributed by atoms with Crippen LogP contribution >= 0.6 is 0 Å². The molecule has 3 aromatic heterocycles. The minimum Gasteiger partial charge on any atom is -0.453 e. The SMILES string of the molecule is COC(=O)N[C@H](C(=O)N1CCC[C@H]1c1ncc(-c2ccc3c(c2)Oc2ccc(-c4cnc([C@@H]5CCCN5C(=O)[C@@H](NC(C)=O)C5CC5)[nH]4)c4ccn-3c24)[nH]1)C1CC1. The highest BCUT2D eigenvalue weighted by molar-refractivity contribution is 6.00. The summed E-state index contributed by atoms with van der Waals surface area (Å²) in [4.78, 5) is 71.6. The van der Waals surface area contributed by atoms with Crippen LogP contribution in [0.15, 0.2) is 55.0 Å². The van der Waals surface area contributed by atoms with Gasteiger partial charge < -0.3 is 44.4 Å². The number of fused-ring (bicyclic) bond motifs is 2. The van der Waals surface area contributed by atoms with Crippen molar-refractivity contribution in [1.29, 1.82) is 0 Å². The fourth-order valence-corrected chi connectivity index (χ4v) is 9.14. The molecule has 15 nitrogen and oxygen atoms in total. The van der Waals surface area contributed by atoms with E-state index in [1.165, 1.54) is 14.0 Å². The number of rotatable bonds is 10.